The van der Waals surface area contributed by atoms with Gasteiger partial charge in [0, 0.05) is 0 Å². The van der Waals surface area contributed by atoms with Gasteiger partial charge in [0.05, 0.1) is 0 Å². The van der Waals surface area contributed by atoms with Gasteiger partial charge in [-0.3, -0.25) is 0 Å². The van der Waals surface area contributed by atoms with E-state index in [4.69, 9.17) is 0 Å². The van der Waals surface area contributed by atoms with Crippen LogP contribution in [0.15, 0.2) is 60.7 Å². The van der Waals surface area contributed by atoms with Crippen molar-refractivity contribution in [1.82, 2.24) is 0 Å². The van der Waals surface area contributed by atoms with E-state index >= 15 is 0 Å². The van der Waals surface area contributed by atoms with Crippen molar-refractivity contribution in [3.8, 4) is 0 Å². The Morgan fingerprint density at radius 1 is 0.875 bits per heavy atom. The fraction of sp³-hybridized carbons (Fsp3) is 0.143. The Morgan fingerprint density at radius 2 is 1.44 bits per heavy atom. The second-order valence-corrected chi connectivity index (χ2v) is 6.19. The van der Waals surface area contributed by atoms with Crippen molar-refractivity contribution in [1.29, 1.82) is 0 Å². The first kappa shape index (κ1) is 11.4. The molecule has 1 N–H and O–H groups in total. The summed E-state index contributed by atoms with van der Waals surface area (Å²) >= 11 is 0.289. The van der Waals surface area contributed by atoms with Crippen LogP contribution in [-0.4, -0.2) is 26.7 Å². The van der Waals surface area contributed by atoms with Crippen LogP contribution in [0.3, 0.4) is 0 Å². The first-order chi connectivity index (χ1) is 7.90. The van der Waals surface area contributed by atoms with E-state index in [9.17, 15) is 5.11 Å². The Hall–Kier alpha value is -1.08. The summed E-state index contributed by atoms with van der Waals surface area (Å²) < 4.78 is 1.33. The molecule has 0 aliphatic rings. The molecule has 1 nitrogen and oxygen atoms in total. The van der Waals surface area contributed by atoms with Crippen LogP contribution in [0.5, 0.6) is 0 Å². The van der Waals surface area contributed by atoms with Crippen LogP contribution in [0.25, 0.3) is 0 Å². The topological polar surface area (TPSA) is 20.2 Å². The summed E-state index contributed by atoms with van der Waals surface area (Å²) in [6.45, 7) is 0.221. The molecule has 1 unspecified atom stereocenters. The van der Waals surface area contributed by atoms with Gasteiger partial charge < -0.3 is 0 Å². The van der Waals surface area contributed by atoms with Crippen molar-refractivity contribution < 1.29 is 5.11 Å². The average Bonchev–Trinajstić information content (AvgIpc) is 2.38. The van der Waals surface area contributed by atoms with E-state index in [-0.39, 0.29) is 26.4 Å². The summed E-state index contributed by atoms with van der Waals surface area (Å²) in [6, 6.07) is 20.6. The van der Waals surface area contributed by atoms with Gasteiger partial charge in [0.1, 0.15) is 0 Å². The zero-order chi connectivity index (χ0) is 11.2. The minimum atomic E-state index is 0.221. The van der Waals surface area contributed by atoms with Crippen molar-refractivity contribution in [2.45, 2.75) is 4.82 Å². The Kier molecular flexibility index (Phi) is 4.17. The van der Waals surface area contributed by atoms with Gasteiger partial charge in [-0.1, -0.05) is 0 Å². The van der Waals surface area contributed by atoms with Crippen LogP contribution < -0.4 is 4.46 Å². The first-order valence-corrected chi connectivity index (χ1v) is 7.12. The first-order valence-electron chi connectivity index (χ1n) is 5.27. The predicted octanol–water partition coefficient (Wildman–Crippen LogP) is 1.75. The van der Waals surface area contributed by atoms with Crippen LogP contribution in [0, 0.1) is 0 Å². The SMILES string of the molecule is OCC([Se]c1ccccc1)c1ccccc1. The van der Waals surface area contributed by atoms with E-state index in [1.54, 1.807) is 0 Å². The van der Waals surface area contributed by atoms with Gasteiger partial charge in [-0.15, -0.1) is 0 Å². The standard InChI is InChI=1S/C14H14OSe/c15-11-14(12-7-3-1-4-8-12)16-13-9-5-2-6-10-13/h1-10,14-15H,11H2. The molecule has 0 saturated carbocycles. The Bertz CT molecular complexity index is 413. The van der Waals surface area contributed by atoms with E-state index in [1.165, 1.54) is 10.0 Å². The molecule has 16 heavy (non-hydrogen) atoms. The number of aliphatic hydroxyl groups is 1. The number of hydrogen-bond donors (Lipinski definition) is 1. The van der Waals surface area contributed by atoms with Gasteiger partial charge in [-0.25, -0.2) is 0 Å². The van der Waals surface area contributed by atoms with Crippen molar-refractivity contribution in [2.24, 2.45) is 0 Å². The number of benzene rings is 2. The second kappa shape index (κ2) is 5.86. The van der Waals surface area contributed by atoms with Gasteiger partial charge in [0.15, 0.2) is 0 Å². The molecule has 1 atom stereocenters. The van der Waals surface area contributed by atoms with E-state index in [0.29, 0.717) is 0 Å². The van der Waals surface area contributed by atoms with Crippen molar-refractivity contribution >= 4 is 19.4 Å². The molecule has 0 bridgehead atoms. The van der Waals surface area contributed by atoms with Crippen molar-refractivity contribution in [3.63, 3.8) is 0 Å². The fourth-order valence-corrected chi connectivity index (χ4v) is 3.66. The summed E-state index contributed by atoms with van der Waals surface area (Å²) in [5, 5.41) is 9.46. The number of hydrogen-bond acceptors (Lipinski definition) is 1. The molecular weight excluding hydrogens is 263 g/mol. The maximum absolute atomic E-state index is 9.46. The Labute approximate surface area is 102 Å². The van der Waals surface area contributed by atoms with E-state index in [2.05, 4.69) is 36.4 Å². The summed E-state index contributed by atoms with van der Waals surface area (Å²) in [5.41, 5.74) is 1.23. The van der Waals surface area contributed by atoms with Crippen LogP contribution in [-0.2, 0) is 0 Å². The summed E-state index contributed by atoms with van der Waals surface area (Å²) in [5.74, 6) is 0. The number of rotatable bonds is 4. The normalized spacial score (nSPS) is 12.3. The molecule has 2 heteroatoms. The Balaban J connectivity index is 2.13. The zero-order valence-corrected chi connectivity index (χ0v) is 10.6. The van der Waals surface area contributed by atoms with Crippen LogP contribution in [0.2, 0.25) is 0 Å². The molecule has 0 heterocycles. The van der Waals surface area contributed by atoms with E-state index < -0.39 is 0 Å². The summed E-state index contributed by atoms with van der Waals surface area (Å²) in [6.07, 6.45) is 0. The quantitative estimate of drug-likeness (QED) is 0.844. The minimum absolute atomic E-state index is 0.221. The van der Waals surface area contributed by atoms with E-state index in [0.717, 1.165) is 0 Å². The molecule has 0 aromatic heterocycles. The average molecular weight is 277 g/mol. The molecule has 2 aromatic carbocycles. The Morgan fingerprint density at radius 3 is 2.00 bits per heavy atom. The molecule has 2 aromatic rings. The summed E-state index contributed by atoms with van der Waals surface area (Å²) in [4.78, 5) is 0.260. The fourth-order valence-electron chi connectivity index (χ4n) is 1.54. The molecule has 0 fully saturated rings. The zero-order valence-electron chi connectivity index (χ0n) is 8.91. The van der Waals surface area contributed by atoms with Crippen LogP contribution in [0.1, 0.15) is 10.4 Å². The molecule has 0 spiro atoms. The predicted molar refractivity (Wildman–Crippen MR) is 68.1 cm³/mol. The second-order valence-electron chi connectivity index (χ2n) is 3.51. The maximum atomic E-state index is 9.46. The van der Waals surface area contributed by atoms with Gasteiger partial charge in [-0.05, 0) is 0 Å². The molecular formula is C14H14OSe. The van der Waals surface area contributed by atoms with Gasteiger partial charge in [0.25, 0.3) is 0 Å². The third-order valence-corrected chi connectivity index (χ3v) is 4.98. The third-order valence-electron chi connectivity index (χ3n) is 2.36. The van der Waals surface area contributed by atoms with Crippen molar-refractivity contribution in [3.05, 3.63) is 66.2 Å². The monoisotopic (exact) mass is 278 g/mol. The summed E-state index contributed by atoms with van der Waals surface area (Å²) in [7, 11) is 0. The number of aliphatic hydroxyl groups excluding tert-OH is 1. The van der Waals surface area contributed by atoms with Crippen molar-refractivity contribution in [2.75, 3.05) is 6.61 Å². The third kappa shape index (κ3) is 2.96. The molecule has 0 aliphatic heterocycles. The molecule has 0 aliphatic carbocycles. The molecule has 0 radical (unpaired) electrons. The van der Waals surface area contributed by atoms with Crippen LogP contribution >= 0.6 is 0 Å². The molecule has 0 amide bonds. The molecule has 82 valence electrons. The van der Waals surface area contributed by atoms with E-state index in [1.807, 2.05) is 24.3 Å². The molecule has 0 saturated heterocycles. The molecule has 2 rings (SSSR count). The van der Waals surface area contributed by atoms with Gasteiger partial charge >= 0.3 is 102 Å². The van der Waals surface area contributed by atoms with Gasteiger partial charge in [-0.2, -0.15) is 0 Å². The van der Waals surface area contributed by atoms with Crippen LogP contribution in [0.4, 0.5) is 0 Å². The van der Waals surface area contributed by atoms with Gasteiger partial charge in [0.2, 0.25) is 0 Å².